The fourth-order valence-corrected chi connectivity index (χ4v) is 1.30. The van der Waals surface area contributed by atoms with Crippen molar-refractivity contribution in [2.24, 2.45) is 0 Å². The fourth-order valence-electron chi connectivity index (χ4n) is 1.30. The van der Waals surface area contributed by atoms with Crippen molar-refractivity contribution < 1.29 is 4.74 Å². The van der Waals surface area contributed by atoms with Crippen molar-refractivity contribution in [1.29, 1.82) is 0 Å². The van der Waals surface area contributed by atoms with Crippen molar-refractivity contribution >= 4 is 0 Å². The Morgan fingerprint density at radius 1 is 1.29 bits per heavy atom. The summed E-state index contributed by atoms with van der Waals surface area (Å²) in [4.78, 5) is 0. The third-order valence-electron chi connectivity index (χ3n) is 2.33. The Morgan fingerprint density at radius 2 is 2.00 bits per heavy atom. The molecular formula is C12H19NO. The third kappa shape index (κ3) is 3.90. The van der Waals surface area contributed by atoms with E-state index in [1.807, 2.05) is 25.2 Å². The molecule has 0 heterocycles. The molecule has 1 atom stereocenters. The maximum atomic E-state index is 5.60. The van der Waals surface area contributed by atoms with Crippen LogP contribution in [0, 0.1) is 0 Å². The van der Waals surface area contributed by atoms with Gasteiger partial charge in [0.05, 0.1) is 13.2 Å². The summed E-state index contributed by atoms with van der Waals surface area (Å²) < 4.78 is 5.60. The second-order valence-electron chi connectivity index (χ2n) is 3.39. The summed E-state index contributed by atoms with van der Waals surface area (Å²) >= 11 is 0. The zero-order valence-electron chi connectivity index (χ0n) is 8.99. The van der Waals surface area contributed by atoms with Gasteiger partial charge in [-0.05, 0) is 19.0 Å². The number of rotatable bonds is 6. The molecule has 0 aromatic heterocycles. The van der Waals surface area contributed by atoms with Gasteiger partial charge in [-0.25, -0.2) is 0 Å². The lowest BCUT2D eigenvalue weighted by Gasteiger charge is -2.13. The number of likely N-dealkylation sites (N-methyl/N-ethyl adjacent to an activating group) is 1. The first-order valence-corrected chi connectivity index (χ1v) is 5.15. The van der Waals surface area contributed by atoms with Crippen LogP contribution >= 0.6 is 0 Å². The van der Waals surface area contributed by atoms with E-state index in [2.05, 4.69) is 24.4 Å². The van der Waals surface area contributed by atoms with E-state index in [-0.39, 0.29) is 0 Å². The number of nitrogens with one attached hydrogen (secondary N) is 1. The Bertz CT molecular complexity index is 231. The zero-order chi connectivity index (χ0) is 10.2. The van der Waals surface area contributed by atoms with Crippen LogP contribution in [-0.2, 0) is 11.3 Å². The molecule has 0 amide bonds. The molecule has 0 aliphatic carbocycles. The van der Waals surface area contributed by atoms with Gasteiger partial charge in [0.1, 0.15) is 0 Å². The van der Waals surface area contributed by atoms with Gasteiger partial charge in [-0.1, -0.05) is 37.3 Å². The summed E-state index contributed by atoms with van der Waals surface area (Å²) in [5, 5.41) is 3.21. The molecule has 0 radical (unpaired) electrons. The van der Waals surface area contributed by atoms with Crippen LogP contribution in [0.1, 0.15) is 18.9 Å². The molecular weight excluding hydrogens is 174 g/mol. The molecule has 0 fully saturated rings. The number of benzene rings is 1. The highest BCUT2D eigenvalue weighted by molar-refractivity contribution is 5.13. The molecule has 2 heteroatoms. The lowest BCUT2D eigenvalue weighted by atomic mass is 10.2. The van der Waals surface area contributed by atoms with Crippen molar-refractivity contribution in [2.45, 2.75) is 26.0 Å². The van der Waals surface area contributed by atoms with Gasteiger partial charge in [-0.2, -0.15) is 0 Å². The third-order valence-corrected chi connectivity index (χ3v) is 2.33. The van der Waals surface area contributed by atoms with E-state index in [4.69, 9.17) is 4.74 Å². The summed E-state index contributed by atoms with van der Waals surface area (Å²) in [5.41, 5.74) is 1.23. The molecule has 2 nitrogen and oxygen atoms in total. The average Bonchev–Trinajstić information content (AvgIpc) is 2.26. The first kappa shape index (κ1) is 11.2. The van der Waals surface area contributed by atoms with Gasteiger partial charge in [0.2, 0.25) is 0 Å². The SMILES string of the molecule is CCC(COCc1ccccc1)NC. The number of hydrogen-bond acceptors (Lipinski definition) is 2. The van der Waals surface area contributed by atoms with E-state index in [1.54, 1.807) is 0 Å². The normalized spacial score (nSPS) is 12.7. The van der Waals surface area contributed by atoms with E-state index in [9.17, 15) is 0 Å². The van der Waals surface area contributed by atoms with Gasteiger partial charge in [-0.3, -0.25) is 0 Å². The van der Waals surface area contributed by atoms with Crippen LogP contribution in [-0.4, -0.2) is 19.7 Å². The molecule has 0 aliphatic heterocycles. The van der Waals surface area contributed by atoms with Crippen molar-refractivity contribution in [3.8, 4) is 0 Å². The molecule has 0 spiro atoms. The largest absolute Gasteiger partial charge is 0.375 e. The molecule has 1 N–H and O–H groups in total. The van der Waals surface area contributed by atoms with Crippen molar-refractivity contribution in [3.05, 3.63) is 35.9 Å². The molecule has 78 valence electrons. The quantitative estimate of drug-likeness (QED) is 0.748. The summed E-state index contributed by atoms with van der Waals surface area (Å²) in [6.45, 7) is 3.65. The van der Waals surface area contributed by atoms with Gasteiger partial charge < -0.3 is 10.1 Å². The second kappa shape index (κ2) is 6.57. The highest BCUT2D eigenvalue weighted by Crippen LogP contribution is 2.01. The van der Waals surface area contributed by atoms with E-state index >= 15 is 0 Å². The highest BCUT2D eigenvalue weighted by Gasteiger charge is 2.01. The minimum absolute atomic E-state index is 0.471. The number of hydrogen-bond donors (Lipinski definition) is 1. The van der Waals surface area contributed by atoms with Gasteiger partial charge in [-0.15, -0.1) is 0 Å². The zero-order valence-corrected chi connectivity index (χ0v) is 8.99. The minimum atomic E-state index is 0.471. The van der Waals surface area contributed by atoms with E-state index in [0.717, 1.165) is 13.0 Å². The average molecular weight is 193 g/mol. The Kier molecular flexibility index (Phi) is 5.27. The van der Waals surface area contributed by atoms with Crippen LogP contribution in [0.3, 0.4) is 0 Å². The Morgan fingerprint density at radius 3 is 2.57 bits per heavy atom. The van der Waals surface area contributed by atoms with E-state index < -0.39 is 0 Å². The Labute approximate surface area is 86.3 Å². The standard InChI is InChI=1S/C12H19NO/c1-3-12(13-2)10-14-9-11-7-5-4-6-8-11/h4-8,12-13H,3,9-10H2,1-2H3. The molecule has 1 unspecified atom stereocenters. The summed E-state index contributed by atoms with van der Waals surface area (Å²) in [7, 11) is 1.97. The molecule has 1 aromatic rings. The van der Waals surface area contributed by atoms with E-state index in [0.29, 0.717) is 12.6 Å². The summed E-state index contributed by atoms with van der Waals surface area (Å²) in [6, 6.07) is 10.7. The monoisotopic (exact) mass is 193 g/mol. The van der Waals surface area contributed by atoms with Crippen LogP contribution < -0.4 is 5.32 Å². The van der Waals surface area contributed by atoms with Crippen LogP contribution in [0.4, 0.5) is 0 Å². The highest BCUT2D eigenvalue weighted by atomic mass is 16.5. The van der Waals surface area contributed by atoms with E-state index in [1.165, 1.54) is 5.56 Å². The smallest absolute Gasteiger partial charge is 0.0717 e. The first-order chi connectivity index (χ1) is 6.86. The first-order valence-electron chi connectivity index (χ1n) is 5.15. The van der Waals surface area contributed by atoms with Crippen LogP contribution in [0.15, 0.2) is 30.3 Å². The van der Waals surface area contributed by atoms with Crippen molar-refractivity contribution in [3.63, 3.8) is 0 Å². The topological polar surface area (TPSA) is 21.3 Å². The van der Waals surface area contributed by atoms with Gasteiger partial charge in [0.25, 0.3) is 0 Å². The molecule has 1 rings (SSSR count). The molecule has 14 heavy (non-hydrogen) atoms. The van der Waals surface area contributed by atoms with Crippen LogP contribution in [0.5, 0.6) is 0 Å². The lowest BCUT2D eigenvalue weighted by molar-refractivity contribution is 0.0996. The molecule has 0 saturated carbocycles. The minimum Gasteiger partial charge on any atom is -0.375 e. The van der Waals surface area contributed by atoms with Gasteiger partial charge >= 0.3 is 0 Å². The fraction of sp³-hybridized carbons (Fsp3) is 0.500. The van der Waals surface area contributed by atoms with Crippen molar-refractivity contribution in [2.75, 3.05) is 13.7 Å². The molecule has 0 saturated heterocycles. The Hall–Kier alpha value is -0.860. The van der Waals surface area contributed by atoms with Crippen molar-refractivity contribution in [1.82, 2.24) is 5.32 Å². The predicted molar refractivity (Wildman–Crippen MR) is 59.2 cm³/mol. The van der Waals surface area contributed by atoms with Crippen LogP contribution in [0.25, 0.3) is 0 Å². The maximum Gasteiger partial charge on any atom is 0.0717 e. The molecule has 0 bridgehead atoms. The lowest BCUT2D eigenvalue weighted by Crippen LogP contribution is -2.29. The van der Waals surface area contributed by atoms with Crippen LogP contribution in [0.2, 0.25) is 0 Å². The number of ether oxygens (including phenoxy) is 1. The Balaban J connectivity index is 2.21. The maximum absolute atomic E-state index is 5.60. The van der Waals surface area contributed by atoms with Gasteiger partial charge in [0, 0.05) is 6.04 Å². The predicted octanol–water partition coefficient (Wildman–Crippen LogP) is 2.20. The molecule has 1 aromatic carbocycles. The summed E-state index contributed by atoms with van der Waals surface area (Å²) in [6.07, 6.45) is 1.10. The van der Waals surface area contributed by atoms with Gasteiger partial charge in [0.15, 0.2) is 0 Å². The second-order valence-corrected chi connectivity index (χ2v) is 3.39. The molecule has 0 aliphatic rings. The summed E-state index contributed by atoms with van der Waals surface area (Å²) in [5.74, 6) is 0.